The maximum Gasteiger partial charge on any atom is 0.228 e. The van der Waals surface area contributed by atoms with Crippen molar-refractivity contribution in [3.63, 3.8) is 0 Å². The highest BCUT2D eigenvalue weighted by Gasteiger charge is 2.26. The fourth-order valence-corrected chi connectivity index (χ4v) is 3.26. The van der Waals surface area contributed by atoms with Gasteiger partial charge in [0.1, 0.15) is 11.6 Å². The molecule has 1 saturated heterocycles. The Morgan fingerprint density at radius 3 is 2.76 bits per heavy atom. The second-order valence-electron chi connectivity index (χ2n) is 6.44. The maximum absolute atomic E-state index is 12.4. The molecule has 3 aromatic rings. The molecule has 1 N–H and O–H groups in total. The van der Waals surface area contributed by atoms with Gasteiger partial charge in [-0.05, 0) is 38.0 Å². The smallest absolute Gasteiger partial charge is 0.228 e. The van der Waals surface area contributed by atoms with Gasteiger partial charge in [-0.1, -0.05) is 23.4 Å². The van der Waals surface area contributed by atoms with Crippen molar-refractivity contribution in [2.45, 2.75) is 19.8 Å². The third-order valence-corrected chi connectivity index (χ3v) is 4.65. The summed E-state index contributed by atoms with van der Waals surface area (Å²) in [6.07, 6.45) is 1.61. The van der Waals surface area contributed by atoms with Gasteiger partial charge in [-0.25, -0.2) is 4.98 Å². The summed E-state index contributed by atoms with van der Waals surface area (Å²) in [5, 5.41) is 7.79. The third kappa shape index (κ3) is 3.33. The number of pyridine rings is 1. The van der Waals surface area contributed by atoms with E-state index in [1.165, 1.54) is 0 Å². The minimum Gasteiger partial charge on any atom is -0.360 e. The largest absolute Gasteiger partial charge is 0.360 e. The highest BCUT2D eigenvalue weighted by molar-refractivity contribution is 5.91. The molecule has 3 heterocycles. The highest BCUT2D eigenvalue weighted by atomic mass is 16.5. The summed E-state index contributed by atoms with van der Waals surface area (Å²) in [7, 11) is 0. The number of carbonyl (C=O) groups is 1. The zero-order valence-corrected chi connectivity index (χ0v) is 14.1. The van der Waals surface area contributed by atoms with E-state index in [1.807, 2.05) is 18.2 Å². The SMILES string of the molecule is Cc1cc(NC(=O)C2CCN(c3ccc4ccccc4n3)CC2)no1. The molecule has 6 nitrogen and oxygen atoms in total. The van der Waals surface area contributed by atoms with Crippen molar-refractivity contribution >= 4 is 28.4 Å². The van der Waals surface area contributed by atoms with Gasteiger partial charge in [-0.3, -0.25) is 4.79 Å². The molecule has 25 heavy (non-hydrogen) atoms. The van der Waals surface area contributed by atoms with Gasteiger partial charge < -0.3 is 14.7 Å². The molecule has 2 aromatic heterocycles. The van der Waals surface area contributed by atoms with Crippen molar-refractivity contribution in [3.8, 4) is 0 Å². The Balaban J connectivity index is 1.39. The quantitative estimate of drug-likeness (QED) is 0.794. The van der Waals surface area contributed by atoms with Crippen LogP contribution in [0.5, 0.6) is 0 Å². The fourth-order valence-electron chi connectivity index (χ4n) is 3.26. The molecule has 0 aliphatic carbocycles. The highest BCUT2D eigenvalue weighted by Crippen LogP contribution is 2.25. The number of nitrogens with zero attached hydrogens (tertiary/aromatic N) is 3. The van der Waals surface area contributed by atoms with E-state index in [-0.39, 0.29) is 11.8 Å². The number of aromatic nitrogens is 2. The Labute approximate surface area is 145 Å². The summed E-state index contributed by atoms with van der Waals surface area (Å²) in [4.78, 5) is 19.4. The normalized spacial score (nSPS) is 15.5. The molecular formula is C19H20N4O2. The first-order valence-electron chi connectivity index (χ1n) is 8.54. The van der Waals surface area contributed by atoms with Gasteiger partial charge >= 0.3 is 0 Å². The molecule has 4 rings (SSSR count). The molecule has 0 radical (unpaired) electrons. The van der Waals surface area contributed by atoms with Crippen LogP contribution >= 0.6 is 0 Å². The minimum absolute atomic E-state index is 0.00582. The van der Waals surface area contributed by atoms with E-state index in [4.69, 9.17) is 9.51 Å². The Kier molecular flexibility index (Phi) is 4.09. The average Bonchev–Trinajstić information content (AvgIpc) is 3.06. The van der Waals surface area contributed by atoms with E-state index in [9.17, 15) is 4.79 Å². The molecule has 1 aliphatic rings. The van der Waals surface area contributed by atoms with Crippen LogP contribution in [0.3, 0.4) is 0 Å². The lowest BCUT2D eigenvalue weighted by Gasteiger charge is -2.32. The summed E-state index contributed by atoms with van der Waals surface area (Å²) < 4.78 is 4.98. The Morgan fingerprint density at radius 2 is 2.00 bits per heavy atom. The first-order valence-corrected chi connectivity index (χ1v) is 8.54. The first kappa shape index (κ1) is 15.6. The zero-order chi connectivity index (χ0) is 17.2. The topological polar surface area (TPSA) is 71.3 Å². The Bertz CT molecular complexity index is 897. The van der Waals surface area contributed by atoms with Crippen LogP contribution < -0.4 is 10.2 Å². The van der Waals surface area contributed by atoms with E-state index in [0.717, 1.165) is 42.7 Å². The standard InChI is InChI=1S/C19H20N4O2/c1-13-12-17(22-25-13)21-19(24)15-8-10-23(11-9-15)18-7-6-14-4-2-3-5-16(14)20-18/h2-7,12,15H,8-11H2,1H3,(H,21,22,24). The Morgan fingerprint density at radius 1 is 1.20 bits per heavy atom. The predicted molar refractivity (Wildman–Crippen MR) is 96.5 cm³/mol. The number of rotatable bonds is 3. The number of benzene rings is 1. The molecule has 0 unspecified atom stereocenters. The van der Waals surface area contributed by atoms with Gasteiger partial charge in [-0.15, -0.1) is 0 Å². The zero-order valence-electron chi connectivity index (χ0n) is 14.1. The van der Waals surface area contributed by atoms with Crippen LogP contribution in [0, 0.1) is 12.8 Å². The van der Waals surface area contributed by atoms with Gasteiger partial charge in [0, 0.05) is 30.5 Å². The molecular weight excluding hydrogens is 316 g/mol. The fraction of sp³-hybridized carbons (Fsp3) is 0.316. The van der Waals surface area contributed by atoms with Gasteiger partial charge in [-0.2, -0.15) is 0 Å². The molecule has 1 aliphatic heterocycles. The molecule has 0 spiro atoms. The number of anilines is 2. The van der Waals surface area contributed by atoms with Crippen LogP contribution in [0.1, 0.15) is 18.6 Å². The number of aryl methyl sites for hydroxylation is 1. The van der Waals surface area contributed by atoms with Crippen LogP contribution in [-0.4, -0.2) is 29.1 Å². The van der Waals surface area contributed by atoms with Crippen molar-refractivity contribution in [3.05, 3.63) is 48.2 Å². The third-order valence-electron chi connectivity index (χ3n) is 4.65. The van der Waals surface area contributed by atoms with E-state index in [2.05, 4.69) is 33.6 Å². The maximum atomic E-state index is 12.4. The molecule has 128 valence electrons. The molecule has 0 atom stereocenters. The lowest BCUT2D eigenvalue weighted by atomic mass is 9.96. The van der Waals surface area contributed by atoms with Gasteiger partial charge in [0.25, 0.3) is 0 Å². The average molecular weight is 336 g/mol. The predicted octanol–water partition coefficient (Wildman–Crippen LogP) is 3.39. The molecule has 1 aromatic carbocycles. The van der Waals surface area contributed by atoms with Crippen LogP contribution in [0.25, 0.3) is 10.9 Å². The number of nitrogens with one attached hydrogen (secondary N) is 1. The molecule has 6 heteroatoms. The van der Waals surface area contributed by atoms with Crippen LogP contribution in [0.15, 0.2) is 47.0 Å². The molecule has 1 fully saturated rings. The van der Waals surface area contributed by atoms with Crippen molar-refractivity contribution in [2.24, 2.45) is 5.92 Å². The second kappa shape index (κ2) is 6.55. The summed E-state index contributed by atoms with van der Waals surface area (Å²) in [6, 6.07) is 14.0. The number of piperidine rings is 1. The van der Waals surface area contributed by atoms with E-state index >= 15 is 0 Å². The monoisotopic (exact) mass is 336 g/mol. The van der Waals surface area contributed by atoms with Crippen molar-refractivity contribution < 1.29 is 9.32 Å². The number of hydrogen-bond acceptors (Lipinski definition) is 5. The van der Waals surface area contributed by atoms with Crippen molar-refractivity contribution in [2.75, 3.05) is 23.3 Å². The summed E-state index contributed by atoms with van der Waals surface area (Å²) in [5.41, 5.74) is 1.00. The van der Waals surface area contributed by atoms with Crippen LogP contribution in [0.2, 0.25) is 0 Å². The van der Waals surface area contributed by atoms with Crippen molar-refractivity contribution in [1.29, 1.82) is 0 Å². The number of hydrogen-bond donors (Lipinski definition) is 1. The Hall–Kier alpha value is -2.89. The van der Waals surface area contributed by atoms with Crippen molar-refractivity contribution in [1.82, 2.24) is 10.1 Å². The first-order chi connectivity index (χ1) is 12.2. The van der Waals surface area contributed by atoms with Gasteiger partial charge in [0.05, 0.1) is 5.52 Å². The van der Waals surface area contributed by atoms with E-state index < -0.39 is 0 Å². The van der Waals surface area contributed by atoms with E-state index in [0.29, 0.717) is 11.6 Å². The number of amides is 1. The second-order valence-corrected chi connectivity index (χ2v) is 6.44. The summed E-state index contributed by atoms with van der Waals surface area (Å²) in [6.45, 7) is 3.44. The van der Waals surface area contributed by atoms with Gasteiger partial charge in [0.15, 0.2) is 5.82 Å². The molecule has 1 amide bonds. The number of para-hydroxylation sites is 1. The minimum atomic E-state index is -0.00582. The lowest BCUT2D eigenvalue weighted by Crippen LogP contribution is -2.38. The number of carbonyl (C=O) groups excluding carboxylic acids is 1. The molecule has 0 saturated carbocycles. The van der Waals surface area contributed by atoms with E-state index in [1.54, 1.807) is 13.0 Å². The number of fused-ring (bicyclic) bond motifs is 1. The summed E-state index contributed by atoms with van der Waals surface area (Å²) >= 11 is 0. The summed E-state index contributed by atoms with van der Waals surface area (Å²) in [5.74, 6) is 2.16. The van der Waals surface area contributed by atoms with Gasteiger partial charge in [0.2, 0.25) is 5.91 Å². The van der Waals surface area contributed by atoms with Crippen LogP contribution in [-0.2, 0) is 4.79 Å². The lowest BCUT2D eigenvalue weighted by molar-refractivity contribution is -0.120. The molecule has 0 bridgehead atoms. The van der Waals surface area contributed by atoms with Crippen LogP contribution in [0.4, 0.5) is 11.6 Å².